The minimum absolute atomic E-state index is 0.114. The van der Waals surface area contributed by atoms with E-state index >= 15 is 0 Å². The second-order valence-corrected chi connectivity index (χ2v) is 5.60. The van der Waals surface area contributed by atoms with Gasteiger partial charge in [-0.25, -0.2) is 4.79 Å². The normalized spacial score (nSPS) is 12.9. The lowest BCUT2D eigenvalue weighted by Gasteiger charge is -2.18. The fourth-order valence-electron chi connectivity index (χ4n) is 2.43. The third-order valence-electron chi connectivity index (χ3n) is 3.70. The van der Waals surface area contributed by atoms with Crippen LogP contribution in [0.15, 0.2) is 53.3 Å². The SMILES string of the molecule is O=C(/C=C/c1ccc2c(c1)OCCO2)OCc1nc(-c2cccnc2)no1. The van der Waals surface area contributed by atoms with Gasteiger partial charge in [-0.1, -0.05) is 11.2 Å². The van der Waals surface area contributed by atoms with Crippen molar-refractivity contribution >= 4 is 12.0 Å². The molecule has 0 amide bonds. The minimum atomic E-state index is -0.522. The number of esters is 1. The summed E-state index contributed by atoms with van der Waals surface area (Å²) in [5, 5.41) is 3.84. The maximum absolute atomic E-state index is 11.9. The number of aromatic nitrogens is 3. The molecule has 3 heterocycles. The minimum Gasteiger partial charge on any atom is -0.486 e. The van der Waals surface area contributed by atoms with Gasteiger partial charge in [0.15, 0.2) is 18.1 Å². The maximum atomic E-state index is 11.9. The van der Waals surface area contributed by atoms with Crippen LogP contribution < -0.4 is 9.47 Å². The summed E-state index contributed by atoms with van der Waals surface area (Å²) in [5.41, 5.74) is 1.52. The molecule has 0 unspecified atom stereocenters. The van der Waals surface area contributed by atoms with E-state index < -0.39 is 5.97 Å². The van der Waals surface area contributed by atoms with Gasteiger partial charge in [-0.15, -0.1) is 0 Å². The van der Waals surface area contributed by atoms with Crippen molar-refractivity contribution in [2.75, 3.05) is 13.2 Å². The molecule has 0 atom stereocenters. The first-order chi connectivity index (χ1) is 13.3. The van der Waals surface area contributed by atoms with E-state index in [1.165, 1.54) is 6.08 Å². The molecule has 1 aromatic carbocycles. The standard InChI is InChI=1S/C19H15N3O5/c23-18(6-4-13-3-5-15-16(10-13)25-9-8-24-15)26-12-17-21-19(22-27-17)14-2-1-7-20-11-14/h1-7,10-11H,8-9,12H2/b6-4+. The van der Waals surface area contributed by atoms with E-state index in [1.54, 1.807) is 36.7 Å². The molecule has 4 rings (SSSR count). The van der Waals surface area contributed by atoms with E-state index in [4.69, 9.17) is 18.7 Å². The molecule has 1 aliphatic rings. The highest BCUT2D eigenvalue weighted by molar-refractivity contribution is 5.87. The van der Waals surface area contributed by atoms with Crippen molar-refractivity contribution in [3.63, 3.8) is 0 Å². The van der Waals surface area contributed by atoms with Crippen LogP contribution in [0.2, 0.25) is 0 Å². The highest BCUT2D eigenvalue weighted by Gasteiger charge is 2.12. The van der Waals surface area contributed by atoms with Gasteiger partial charge in [-0.2, -0.15) is 4.98 Å². The Balaban J connectivity index is 1.33. The summed E-state index contributed by atoms with van der Waals surface area (Å²) in [4.78, 5) is 20.1. The van der Waals surface area contributed by atoms with E-state index in [2.05, 4.69) is 15.1 Å². The topological polar surface area (TPSA) is 96.6 Å². The van der Waals surface area contributed by atoms with E-state index in [9.17, 15) is 4.79 Å². The molecule has 0 spiro atoms. The van der Waals surface area contributed by atoms with Crippen LogP contribution in [0.5, 0.6) is 11.5 Å². The summed E-state index contributed by atoms with van der Waals surface area (Å²) in [6.07, 6.45) is 6.23. The molecule has 136 valence electrons. The van der Waals surface area contributed by atoms with Gasteiger partial charge >= 0.3 is 5.97 Å². The number of hydrogen-bond donors (Lipinski definition) is 0. The van der Waals surface area contributed by atoms with Crippen molar-refractivity contribution in [3.8, 4) is 22.9 Å². The second kappa shape index (κ2) is 7.69. The number of rotatable bonds is 5. The average Bonchev–Trinajstić information content (AvgIpc) is 3.20. The van der Waals surface area contributed by atoms with Crippen molar-refractivity contribution in [2.45, 2.75) is 6.61 Å². The van der Waals surface area contributed by atoms with Crippen molar-refractivity contribution in [3.05, 3.63) is 60.3 Å². The zero-order valence-electron chi connectivity index (χ0n) is 14.2. The van der Waals surface area contributed by atoms with Gasteiger partial charge < -0.3 is 18.7 Å². The molecule has 1 aliphatic heterocycles. The summed E-state index contributed by atoms with van der Waals surface area (Å²) in [5.74, 6) is 1.43. The zero-order valence-corrected chi connectivity index (χ0v) is 14.2. The molecule has 0 aliphatic carbocycles. The van der Waals surface area contributed by atoms with Crippen molar-refractivity contribution in [1.29, 1.82) is 0 Å². The number of ether oxygens (including phenoxy) is 3. The lowest BCUT2D eigenvalue weighted by atomic mass is 10.2. The molecule has 0 saturated heterocycles. The molecule has 27 heavy (non-hydrogen) atoms. The van der Waals surface area contributed by atoms with Gasteiger partial charge in [0.05, 0.1) is 0 Å². The highest BCUT2D eigenvalue weighted by Crippen LogP contribution is 2.31. The van der Waals surface area contributed by atoms with E-state index in [-0.39, 0.29) is 12.5 Å². The van der Waals surface area contributed by atoms with Gasteiger partial charge in [0, 0.05) is 24.0 Å². The highest BCUT2D eigenvalue weighted by atomic mass is 16.6. The van der Waals surface area contributed by atoms with Crippen LogP contribution in [-0.2, 0) is 16.1 Å². The third kappa shape index (κ3) is 4.12. The van der Waals surface area contributed by atoms with Crippen LogP contribution in [0.3, 0.4) is 0 Å². The molecular formula is C19H15N3O5. The van der Waals surface area contributed by atoms with Crippen LogP contribution in [0.1, 0.15) is 11.5 Å². The molecule has 0 fully saturated rings. The van der Waals surface area contributed by atoms with Crippen LogP contribution >= 0.6 is 0 Å². The Bertz CT molecular complexity index is 968. The molecule has 0 bridgehead atoms. The van der Waals surface area contributed by atoms with Crippen molar-refractivity contribution < 1.29 is 23.5 Å². The Hall–Kier alpha value is -3.68. The number of hydrogen-bond acceptors (Lipinski definition) is 8. The number of nitrogens with zero attached hydrogens (tertiary/aromatic N) is 3. The quantitative estimate of drug-likeness (QED) is 0.503. The summed E-state index contributed by atoms with van der Waals surface area (Å²) >= 11 is 0. The largest absolute Gasteiger partial charge is 0.486 e. The van der Waals surface area contributed by atoms with Crippen LogP contribution in [0.25, 0.3) is 17.5 Å². The summed E-state index contributed by atoms with van der Waals surface area (Å²) in [7, 11) is 0. The Labute approximate surface area is 154 Å². The molecule has 8 nitrogen and oxygen atoms in total. The van der Waals surface area contributed by atoms with Gasteiger partial charge in [-0.3, -0.25) is 4.98 Å². The second-order valence-electron chi connectivity index (χ2n) is 5.60. The Morgan fingerprint density at radius 2 is 2.07 bits per heavy atom. The Morgan fingerprint density at radius 1 is 1.19 bits per heavy atom. The lowest BCUT2D eigenvalue weighted by molar-refractivity contribution is -0.139. The fraction of sp³-hybridized carbons (Fsp3) is 0.158. The van der Waals surface area contributed by atoms with Crippen molar-refractivity contribution in [1.82, 2.24) is 15.1 Å². The first-order valence-electron chi connectivity index (χ1n) is 8.25. The molecule has 3 aromatic rings. The summed E-state index contributed by atoms with van der Waals surface area (Å²) in [6, 6.07) is 9.02. The lowest BCUT2D eigenvalue weighted by Crippen LogP contribution is -2.15. The van der Waals surface area contributed by atoms with Crippen molar-refractivity contribution in [2.24, 2.45) is 0 Å². The summed E-state index contributed by atoms with van der Waals surface area (Å²) < 4.78 is 21.2. The summed E-state index contributed by atoms with van der Waals surface area (Å²) in [6.45, 7) is 0.928. The van der Waals surface area contributed by atoms with Crippen LogP contribution in [0, 0.1) is 0 Å². The molecule has 0 saturated carbocycles. The van der Waals surface area contributed by atoms with Gasteiger partial charge in [-0.05, 0) is 35.9 Å². The smallest absolute Gasteiger partial charge is 0.331 e. The van der Waals surface area contributed by atoms with Crippen LogP contribution in [-0.4, -0.2) is 34.3 Å². The molecule has 0 radical (unpaired) electrons. The predicted molar refractivity (Wildman–Crippen MR) is 93.8 cm³/mol. The number of benzene rings is 1. The Kier molecular flexibility index (Phi) is 4.78. The van der Waals surface area contributed by atoms with Gasteiger partial charge in [0.2, 0.25) is 5.82 Å². The first kappa shape index (κ1) is 16.8. The van der Waals surface area contributed by atoms with E-state index in [1.807, 2.05) is 12.1 Å². The van der Waals surface area contributed by atoms with Gasteiger partial charge in [0.25, 0.3) is 5.89 Å². The monoisotopic (exact) mass is 365 g/mol. The molecular weight excluding hydrogens is 350 g/mol. The molecule has 0 N–H and O–H groups in total. The van der Waals surface area contributed by atoms with Gasteiger partial charge in [0.1, 0.15) is 13.2 Å². The van der Waals surface area contributed by atoms with E-state index in [0.717, 1.165) is 11.1 Å². The van der Waals surface area contributed by atoms with Crippen LogP contribution in [0.4, 0.5) is 0 Å². The average molecular weight is 365 g/mol. The zero-order chi connectivity index (χ0) is 18.5. The molecule has 2 aromatic heterocycles. The maximum Gasteiger partial charge on any atom is 0.331 e. The third-order valence-corrected chi connectivity index (χ3v) is 3.70. The Morgan fingerprint density at radius 3 is 2.93 bits per heavy atom. The number of fused-ring (bicyclic) bond motifs is 1. The fourth-order valence-corrected chi connectivity index (χ4v) is 2.43. The number of carbonyl (C=O) groups excluding carboxylic acids is 1. The predicted octanol–water partition coefficient (Wildman–Crippen LogP) is 2.66. The first-order valence-corrected chi connectivity index (χ1v) is 8.25. The molecule has 8 heteroatoms. The number of pyridine rings is 1. The van der Waals surface area contributed by atoms with E-state index in [0.29, 0.717) is 30.5 Å². The number of carbonyl (C=O) groups is 1.